The maximum atomic E-state index is 10.6. The lowest BCUT2D eigenvalue weighted by molar-refractivity contribution is 0.124. The summed E-state index contributed by atoms with van der Waals surface area (Å²) in [5, 5.41) is 14.3. The van der Waals surface area contributed by atoms with E-state index in [-0.39, 0.29) is 6.04 Å². The van der Waals surface area contributed by atoms with E-state index in [1.807, 2.05) is 43.6 Å². The van der Waals surface area contributed by atoms with Crippen molar-refractivity contribution in [1.82, 2.24) is 19.5 Å². The number of aliphatic hydroxyl groups excluding tert-OH is 1. The number of imidazole rings is 1. The van der Waals surface area contributed by atoms with Gasteiger partial charge in [-0.05, 0) is 26.2 Å². The zero-order valence-corrected chi connectivity index (χ0v) is 19.5. The largest absolute Gasteiger partial charge is 0.391 e. The summed E-state index contributed by atoms with van der Waals surface area (Å²) < 4.78 is 2.08. The van der Waals surface area contributed by atoms with Gasteiger partial charge in [-0.15, -0.1) is 0 Å². The minimum Gasteiger partial charge on any atom is -0.391 e. The van der Waals surface area contributed by atoms with Crippen LogP contribution in [0.1, 0.15) is 84.1 Å². The lowest BCUT2D eigenvalue weighted by Crippen LogP contribution is -2.24. The monoisotopic (exact) mass is 435 g/mol. The average molecular weight is 436 g/mol. The maximum absolute atomic E-state index is 10.6. The van der Waals surface area contributed by atoms with Crippen LogP contribution in [-0.2, 0) is 0 Å². The van der Waals surface area contributed by atoms with Crippen LogP contribution in [0.25, 0.3) is 22.6 Å². The smallest absolute Gasteiger partial charge is 0.166 e. The number of nitrogens with zero attached hydrogens (tertiary/aromatic N) is 4. The Balaban J connectivity index is 1.73. The highest BCUT2D eigenvalue weighted by Gasteiger charge is 2.24. The first-order chi connectivity index (χ1) is 15.7. The van der Waals surface area contributed by atoms with Crippen LogP contribution in [0.2, 0.25) is 0 Å². The van der Waals surface area contributed by atoms with E-state index in [4.69, 9.17) is 15.0 Å². The van der Waals surface area contributed by atoms with Crippen LogP contribution in [0.5, 0.6) is 0 Å². The van der Waals surface area contributed by atoms with Crippen LogP contribution >= 0.6 is 0 Å². The number of hydrogen-bond donors (Lipinski definition) is 2. The minimum atomic E-state index is -0.473. The number of fused-ring (bicyclic) bond motifs is 1. The number of anilines is 1. The topological polar surface area (TPSA) is 75.9 Å². The molecule has 1 fully saturated rings. The molecule has 1 saturated carbocycles. The molecule has 2 heterocycles. The fraction of sp³-hybridized carbons (Fsp3) is 0.577. The van der Waals surface area contributed by atoms with E-state index in [2.05, 4.69) is 16.8 Å². The molecule has 0 bridgehead atoms. The van der Waals surface area contributed by atoms with Gasteiger partial charge in [-0.1, -0.05) is 82.2 Å². The van der Waals surface area contributed by atoms with Gasteiger partial charge in [0.05, 0.1) is 18.5 Å². The summed E-state index contributed by atoms with van der Waals surface area (Å²) in [6, 6.07) is 10.5. The Morgan fingerprint density at radius 1 is 1.06 bits per heavy atom. The molecular weight excluding hydrogens is 398 g/mol. The van der Waals surface area contributed by atoms with E-state index in [9.17, 15) is 5.11 Å². The highest BCUT2D eigenvalue weighted by atomic mass is 16.3. The number of aliphatic hydroxyl groups is 1. The highest BCUT2D eigenvalue weighted by molar-refractivity contribution is 5.85. The summed E-state index contributed by atoms with van der Waals surface area (Å²) >= 11 is 0. The summed E-state index contributed by atoms with van der Waals surface area (Å²) in [5.74, 6) is 1.52. The van der Waals surface area contributed by atoms with Crippen LogP contribution in [0, 0.1) is 0 Å². The maximum Gasteiger partial charge on any atom is 0.166 e. The molecule has 0 radical (unpaired) electrons. The van der Waals surface area contributed by atoms with Gasteiger partial charge in [0.2, 0.25) is 0 Å². The van der Waals surface area contributed by atoms with Gasteiger partial charge in [-0.3, -0.25) is 0 Å². The molecule has 0 spiro atoms. The molecule has 32 heavy (non-hydrogen) atoms. The fourth-order valence-corrected chi connectivity index (χ4v) is 4.81. The lowest BCUT2D eigenvalue weighted by Gasteiger charge is -2.24. The molecule has 1 aliphatic rings. The Hall–Kier alpha value is -2.47. The number of rotatable bonds is 10. The second-order valence-electron chi connectivity index (χ2n) is 9.22. The van der Waals surface area contributed by atoms with Crippen LogP contribution in [0.15, 0.2) is 36.7 Å². The summed E-state index contributed by atoms with van der Waals surface area (Å²) in [5.41, 5.74) is 2.60. The first kappa shape index (κ1) is 22.7. The molecule has 172 valence electrons. The van der Waals surface area contributed by atoms with Gasteiger partial charge in [0.1, 0.15) is 5.52 Å². The van der Waals surface area contributed by atoms with Gasteiger partial charge >= 0.3 is 0 Å². The van der Waals surface area contributed by atoms with Crippen molar-refractivity contribution in [3.63, 3.8) is 0 Å². The average Bonchev–Trinajstić information content (AvgIpc) is 3.24. The van der Waals surface area contributed by atoms with E-state index in [0.717, 1.165) is 35.4 Å². The van der Waals surface area contributed by atoms with Crippen molar-refractivity contribution >= 4 is 17.0 Å². The SMILES string of the molecule is CCCCCC[C@@H]([C@H](C)O)n1cnc2c(NC3CCCCC3)nc(-c3ccccc3)nc21. The van der Waals surface area contributed by atoms with Crippen LogP contribution in [0.3, 0.4) is 0 Å². The van der Waals surface area contributed by atoms with Crippen molar-refractivity contribution in [2.24, 2.45) is 0 Å². The number of aromatic nitrogens is 4. The molecule has 0 amide bonds. The van der Waals surface area contributed by atoms with Gasteiger partial charge in [-0.2, -0.15) is 0 Å². The fourth-order valence-electron chi connectivity index (χ4n) is 4.81. The second-order valence-corrected chi connectivity index (χ2v) is 9.22. The highest BCUT2D eigenvalue weighted by Crippen LogP contribution is 2.31. The van der Waals surface area contributed by atoms with Crippen molar-refractivity contribution < 1.29 is 5.11 Å². The number of hydrogen-bond acceptors (Lipinski definition) is 5. The Labute approximate surface area is 191 Å². The van der Waals surface area contributed by atoms with Gasteiger partial charge in [0, 0.05) is 11.6 Å². The van der Waals surface area contributed by atoms with Crippen LogP contribution < -0.4 is 5.32 Å². The third-order valence-electron chi connectivity index (χ3n) is 6.67. The van der Waals surface area contributed by atoms with Crippen LogP contribution in [-0.4, -0.2) is 36.8 Å². The van der Waals surface area contributed by atoms with E-state index in [1.165, 1.54) is 51.4 Å². The Morgan fingerprint density at radius 2 is 1.84 bits per heavy atom. The van der Waals surface area contributed by atoms with Gasteiger partial charge in [-0.25, -0.2) is 15.0 Å². The molecule has 6 heteroatoms. The van der Waals surface area contributed by atoms with Crippen molar-refractivity contribution in [2.45, 2.75) is 96.2 Å². The predicted molar refractivity (Wildman–Crippen MR) is 131 cm³/mol. The summed E-state index contributed by atoms with van der Waals surface area (Å²) in [6.45, 7) is 4.09. The molecule has 0 unspecified atom stereocenters. The summed E-state index contributed by atoms with van der Waals surface area (Å²) in [6.07, 6.45) is 13.2. The number of benzene rings is 1. The molecule has 0 aliphatic heterocycles. The van der Waals surface area contributed by atoms with Gasteiger partial charge in [0.15, 0.2) is 17.3 Å². The summed E-state index contributed by atoms with van der Waals surface area (Å²) in [4.78, 5) is 14.6. The standard InChI is InChI=1S/C26H37N5O/c1-3-4-5-12-17-22(19(2)32)31-18-27-23-25(28-21-15-10-7-11-16-21)29-24(30-26(23)31)20-13-8-6-9-14-20/h6,8-9,13-14,18-19,21-22,32H,3-5,7,10-12,15-17H2,1-2H3,(H,28,29,30)/t19-,22-/m0/s1. The molecule has 2 N–H and O–H groups in total. The second kappa shape index (κ2) is 10.9. The van der Waals surface area contributed by atoms with Crippen molar-refractivity contribution in [2.75, 3.05) is 5.32 Å². The zero-order valence-electron chi connectivity index (χ0n) is 19.5. The third kappa shape index (κ3) is 5.29. The van der Waals surface area contributed by atoms with Gasteiger partial charge in [0.25, 0.3) is 0 Å². The normalized spacial score (nSPS) is 16.8. The third-order valence-corrected chi connectivity index (χ3v) is 6.67. The van der Waals surface area contributed by atoms with E-state index in [1.54, 1.807) is 0 Å². The molecule has 6 nitrogen and oxygen atoms in total. The quantitative estimate of drug-likeness (QED) is 0.375. The lowest BCUT2D eigenvalue weighted by atomic mass is 9.95. The van der Waals surface area contributed by atoms with Crippen LogP contribution in [0.4, 0.5) is 5.82 Å². The molecule has 3 aromatic rings. The Bertz CT molecular complexity index is 979. The van der Waals surface area contributed by atoms with Crippen molar-refractivity contribution in [1.29, 1.82) is 0 Å². The first-order valence-corrected chi connectivity index (χ1v) is 12.4. The predicted octanol–water partition coefficient (Wildman–Crippen LogP) is 6.13. The minimum absolute atomic E-state index is 0.0436. The van der Waals surface area contributed by atoms with E-state index >= 15 is 0 Å². The molecule has 4 rings (SSSR count). The van der Waals surface area contributed by atoms with Gasteiger partial charge < -0.3 is 15.0 Å². The number of unbranched alkanes of at least 4 members (excludes halogenated alkanes) is 3. The van der Waals surface area contributed by atoms with E-state index < -0.39 is 6.10 Å². The molecule has 1 aromatic carbocycles. The molecule has 2 atom stereocenters. The summed E-state index contributed by atoms with van der Waals surface area (Å²) in [7, 11) is 0. The number of nitrogens with one attached hydrogen (secondary N) is 1. The van der Waals surface area contributed by atoms with Crippen molar-refractivity contribution in [3.05, 3.63) is 36.7 Å². The first-order valence-electron chi connectivity index (χ1n) is 12.4. The molecule has 1 aliphatic carbocycles. The molecule has 2 aromatic heterocycles. The molecule has 0 saturated heterocycles. The Morgan fingerprint density at radius 3 is 2.56 bits per heavy atom. The molecular formula is C26H37N5O. The zero-order chi connectivity index (χ0) is 22.3. The van der Waals surface area contributed by atoms with Crippen molar-refractivity contribution in [3.8, 4) is 11.4 Å². The Kier molecular flexibility index (Phi) is 7.74. The van der Waals surface area contributed by atoms with E-state index in [0.29, 0.717) is 11.9 Å².